The summed E-state index contributed by atoms with van der Waals surface area (Å²) in [6.07, 6.45) is 0.205. The Kier molecular flexibility index (Phi) is 3.57. The Hall–Kier alpha value is -1.95. The van der Waals surface area contributed by atoms with E-state index in [-0.39, 0.29) is 6.10 Å². The topological polar surface area (TPSA) is 93.3 Å². The first-order valence-corrected chi connectivity index (χ1v) is 5.84. The predicted octanol–water partition coefficient (Wildman–Crippen LogP) is 1.54. The Balaban J connectivity index is 2.08. The van der Waals surface area contributed by atoms with E-state index in [1.165, 1.54) is 0 Å². The summed E-state index contributed by atoms with van der Waals surface area (Å²) < 4.78 is 10.3. The van der Waals surface area contributed by atoms with Crippen molar-refractivity contribution in [2.45, 2.75) is 20.0 Å². The van der Waals surface area contributed by atoms with E-state index in [0.717, 1.165) is 5.69 Å². The lowest BCUT2D eigenvalue weighted by Crippen LogP contribution is -2.13. The van der Waals surface area contributed by atoms with Crippen LogP contribution < -0.4 is 16.8 Å². The number of nitrogens with one attached hydrogen (secondary N) is 2. The molecule has 0 aliphatic heterocycles. The van der Waals surface area contributed by atoms with Crippen molar-refractivity contribution in [2.75, 3.05) is 24.2 Å². The highest BCUT2D eigenvalue weighted by molar-refractivity contribution is 5.85. The first-order chi connectivity index (χ1) is 8.56. The van der Waals surface area contributed by atoms with E-state index in [1.54, 1.807) is 12.1 Å². The van der Waals surface area contributed by atoms with Crippen LogP contribution in [-0.2, 0) is 4.74 Å². The van der Waals surface area contributed by atoms with E-state index in [4.69, 9.17) is 14.9 Å². The second-order valence-corrected chi connectivity index (χ2v) is 4.30. The molecule has 0 amide bonds. The highest BCUT2D eigenvalue weighted by Crippen LogP contribution is 2.23. The molecule has 6 heteroatoms. The van der Waals surface area contributed by atoms with Crippen molar-refractivity contribution in [1.29, 1.82) is 0 Å². The number of aromatic amines is 1. The van der Waals surface area contributed by atoms with Crippen LogP contribution in [0.2, 0.25) is 0 Å². The molecule has 0 bridgehead atoms. The van der Waals surface area contributed by atoms with Gasteiger partial charge in [-0.15, -0.1) is 0 Å². The molecule has 2 rings (SSSR count). The average molecular weight is 251 g/mol. The van der Waals surface area contributed by atoms with Gasteiger partial charge in [0, 0.05) is 12.6 Å². The Morgan fingerprint density at radius 2 is 2.28 bits per heavy atom. The molecular formula is C12H17N3O3. The van der Waals surface area contributed by atoms with Gasteiger partial charge in [0.15, 0.2) is 5.58 Å². The number of oxazole rings is 1. The quantitative estimate of drug-likeness (QED) is 0.553. The van der Waals surface area contributed by atoms with Crippen LogP contribution in [0.3, 0.4) is 0 Å². The molecule has 0 unspecified atom stereocenters. The van der Waals surface area contributed by atoms with E-state index in [1.807, 2.05) is 13.8 Å². The average Bonchev–Trinajstić information content (AvgIpc) is 2.63. The van der Waals surface area contributed by atoms with Gasteiger partial charge in [-0.25, -0.2) is 4.79 Å². The molecule has 0 fully saturated rings. The Labute approximate surface area is 104 Å². The third-order valence-corrected chi connectivity index (χ3v) is 2.46. The maximum atomic E-state index is 11.0. The highest BCUT2D eigenvalue weighted by Gasteiger charge is 2.06. The summed E-state index contributed by atoms with van der Waals surface area (Å²) in [4.78, 5) is 13.6. The largest absolute Gasteiger partial charge is 0.417 e. The number of aromatic nitrogens is 1. The van der Waals surface area contributed by atoms with Gasteiger partial charge in [0.05, 0.1) is 29.6 Å². The monoisotopic (exact) mass is 251 g/mol. The summed E-state index contributed by atoms with van der Waals surface area (Å²) in [6.45, 7) is 5.21. The summed E-state index contributed by atoms with van der Waals surface area (Å²) in [7, 11) is 0. The zero-order valence-corrected chi connectivity index (χ0v) is 10.4. The summed E-state index contributed by atoms with van der Waals surface area (Å²) >= 11 is 0. The van der Waals surface area contributed by atoms with Gasteiger partial charge in [-0.3, -0.25) is 4.98 Å². The zero-order valence-electron chi connectivity index (χ0n) is 10.4. The highest BCUT2D eigenvalue weighted by atomic mass is 16.5. The Bertz CT molecular complexity index is 586. The number of anilines is 2. The summed E-state index contributed by atoms with van der Waals surface area (Å²) in [5.74, 6) is -0.482. The molecule has 4 N–H and O–H groups in total. The molecule has 0 atom stereocenters. The van der Waals surface area contributed by atoms with Gasteiger partial charge in [-0.1, -0.05) is 0 Å². The van der Waals surface area contributed by atoms with Crippen LogP contribution in [0.5, 0.6) is 0 Å². The molecule has 1 aromatic carbocycles. The third kappa shape index (κ3) is 2.84. The van der Waals surface area contributed by atoms with Crippen molar-refractivity contribution in [1.82, 2.24) is 4.98 Å². The lowest BCUT2D eigenvalue weighted by atomic mass is 10.2. The van der Waals surface area contributed by atoms with Crippen molar-refractivity contribution >= 4 is 22.5 Å². The fourth-order valence-electron chi connectivity index (χ4n) is 1.65. The van der Waals surface area contributed by atoms with E-state index >= 15 is 0 Å². The van der Waals surface area contributed by atoms with E-state index in [0.29, 0.717) is 29.9 Å². The smallest absolute Gasteiger partial charge is 0.408 e. The number of nitrogen functional groups attached to an aromatic ring is 1. The van der Waals surface area contributed by atoms with Crippen molar-refractivity contribution in [3.8, 4) is 0 Å². The number of H-pyrrole nitrogens is 1. The molecule has 1 heterocycles. The second kappa shape index (κ2) is 5.14. The molecule has 18 heavy (non-hydrogen) atoms. The van der Waals surface area contributed by atoms with Crippen molar-refractivity contribution in [3.05, 3.63) is 22.7 Å². The Morgan fingerprint density at radius 1 is 1.50 bits per heavy atom. The fraction of sp³-hybridized carbons (Fsp3) is 0.417. The molecular weight excluding hydrogens is 234 g/mol. The number of ether oxygens (including phenoxy) is 1. The lowest BCUT2D eigenvalue weighted by molar-refractivity contribution is 0.0871. The second-order valence-electron chi connectivity index (χ2n) is 4.30. The number of fused-ring (bicyclic) bond motifs is 1. The predicted molar refractivity (Wildman–Crippen MR) is 70.8 cm³/mol. The molecule has 0 aliphatic carbocycles. The van der Waals surface area contributed by atoms with Crippen molar-refractivity contribution in [2.24, 2.45) is 0 Å². The van der Waals surface area contributed by atoms with Gasteiger partial charge in [0.1, 0.15) is 0 Å². The summed E-state index contributed by atoms with van der Waals surface area (Å²) in [5, 5.41) is 3.16. The van der Waals surface area contributed by atoms with Crippen LogP contribution in [0.15, 0.2) is 21.3 Å². The first-order valence-electron chi connectivity index (χ1n) is 5.84. The summed E-state index contributed by atoms with van der Waals surface area (Å²) in [5.41, 5.74) is 8.24. The zero-order chi connectivity index (χ0) is 13.1. The maximum Gasteiger partial charge on any atom is 0.417 e. The number of benzene rings is 1. The van der Waals surface area contributed by atoms with Gasteiger partial charge in [-0.2, -0.15) is 0 Å². The van der Waals surface area contributed by atoms with E-state index in [9.17, 15) is 4.79 Å². The molecule has 0 radical (unpaired) electrons. The van der Waals surface area contributed by atoms with Crippen molar-refractivity contribution < 1.29 is 9.15 Å². The number of rotatable bonds is 5. The SMILES string of the molecule is CC(C)OCCNc1cc2[nH]c(=O)oc2cc1N. The molecule has 0 saturated carbocycles. The van der Waals surface area contributed by atoms with E-state index in [2.05, 4.69) is 10.3 Å². The number of hydrogen-bond acceptors (Lipinski definition) is 5. The van der Waals surface area contributed by atoms with Crippen LogP contribution in [0.1, 0.15) is 13.8 Å². The van der Waals surface area contributed by atoms with Crippen LogP contribution in [0, 0.1) is 0 Å². The van der Waals surface area contributed by atoms with Gasteiger partial charge in [0.2, 0.25) is 0 Å². The van der Waals surface area contributed by atoms with Gasteiger partial charge in [-0.05, 0) is 19.9 Å². The maximum absolute atomic E-state index is 11.0. The molecule has 0 spiro atoms. The molecule has 98 valence electrons. The minimum atomic E-state index is -0.482. The molecule has 2 aromatic rings. The molecule has 0 aliphatic rings. The molecule has 1 aromatic heterocycles. The first kappa shape index (κ1) is 12.5. The number of hydrogen-bond donors (Lipinski definition) is 3. The minimum absolute atomic E-state index is 0.205. The lowest BCUT2D eigenvalue weighted by Gasteiger charge is -2.11. The fourth-order valence-corrected chi connectivity index (χ4v) is 1.65. The van der Waals surface area contributed by atoms with Gasteiger partial charge < -0.3 is 20.2 Å². The van der Waals surface area contributed by atoms with Crippen LogP contribution in [-0.4, -0.2) is 24.2 Å². The molecule has 0 saturated heterocycles. The van der Waals surface area contributed by atoms with Crippen LogP contribution >= 0.6 is 0 Å². The standard InChI is InChI=1S/C12H17N3O3/c1-7(2)17-4-3-14-9-6-10-11(5-8(9)13)18-12(16)15-10/h5-7,14H,3-4,13H2,1-2H3,(H,15,16). The Morgan fingerprint density at radius 3 is 3.00 bits per heavy atom. The third-order valence-electron chi connectivity index (χ3n) is 2.46. The van der Waals surface area contributed by atoms with Crippen LogP contribution in [0.25, 0.3) is 11.1 Å². The van der Waals surface area contributed by atoms with Crippen LogP contribution in [0.4, 0.5) is 11.4 Å². The van der Waals surface area contributed by atoms with Gasteiger partial charge >= 0.3 is 5.76 Å². The van der Waals surface area contributed by atoms with E-state index < -0.39 is 5.76 Å². The normalized spacial score (nSPS) is 11.3. The number of nitrogens with two attached hydrogens (primary N) is 1. The molecule has 6 nitrogen and oxygen atoms in total. The van der Waals surface area contributed by atoms with Gasteiger partial charge in [0.25, 0.3) is 0 Å². The minimum Gasteiger partial charge on any atom is -0.408 e. The summed E-state index contributed by atoms with van der Waals surface area (Å²) in [6, 6.07) is 3.38. The van der Waals surface area contributed by atoms with Crippen molar-refractivity contribution in [3.63, 3.8) is 0 Å².